The van der Waals surface area contributed by atoms with Gasteiger partial charge in [0.2, 0.25) is 17.7 Å². The van der Waals surface area contributed by atoms with Crippen LogP contribution in [0.25, 0.3) is 0 Å². The maximum atomic E-state index is 13.0. The normalized spacial score (nSPS) is 12.4. The molecule has 0 saturated heterocycles. The van der Waals surface area contributed by atoms with Gasteiger partial charge in [0.25, 0.3) is 0 Å². The molecule has 204 valence electrons. The molecule has 2 atom stereocenters. The lowest BCUT2D eigenvalue weighted by molar-refractivity contribution is -0.140. The molecule has 37 heavy (non-hydrogen) atoms. The molecule has 0 fully saturated rings. The number of carbonyl (C=O) groups excluding carboxylic acids is 5. The Kier molecular flexibility index (Phi) is 12.4. The van der Waals surface area contributed by atoms with Crippen molar-refractivity contribution in [2.24, 2.45) is 11.8 Å². The molecule has 0 bridgehead atoms. The fraction of sp³-hybridized carbons (Fsp3) is 0.538. The zero-order chi connectivity index (χ0) is 28.3. The lowest BCUT2D eigenvalue weighted by Crippen LogP contribution is -2.55. The number of carbonyl (C=O) groups is 6. The van der Waals surface area contributed by atoms with Crippen LogP contribution in [0, 0.1) is 11.8 Å². The lowest BCUT2D eigenvalue weighted by Gasteiger charge is -2.25. The Bertz CT molecular complexity index is 1020. The van der Waals surface area contributed by atoms with E-state index in [0.717, 1.165) is 0 Å². The summed E-state index contributed by atoms with van der Waals surface area (Å²) in [6, 6.07) is 2.23. The first-order valence-corrected chi connectivity index (χ1v) is 12.0. The van der Waals surface area contributed by atoms with Crippen LogP contribution in [0.5, 0.6) is 5.75 Å². The van der Waals surface area contributed by atoms with Crippen LogP contribution in [0.1, 0.15) is 63.4 Å². The molecule has 1 rings (SSSR count). The van der Waals surface area contributed by atoms with Crippen molar-refractivity contribution >= 4 is 35.3 Å². The summed E-state index contributed by atoms with van der Waals surface area (Å²) in [4.78, 5) is 73.3. The van der Waals surface area contributed by atoms with Gasteiger partial charge in [-0.15, -0.1) is 0 Å². The van der Waals surface area contributed by atoms with E-state index in [-0.39, 0.29) is 30.4 Å². The molecular weight excluding hydrogens is 482 g/mol. The number of methoxy groups -OCH3 is 1. The highest BCUT2D eigenvalue weighted by Crippen LogP contribution is 2.21. The van der Waals surface area contributed by atoms with Crippen molar-refractivity contribution in [2.45, 2.75) is 66.0 Å². The first kappa shape index (κ1) is 31.3. The van der Waals surface area contributed by atoms with E-state index >= 15 is 0 Å². The molecule has 0 aliphatic carbocycles. The summed E-state index contributed by atoms with van der Waals surface area (Å²) in [5.41, 5.74) is 0.851. The number of nitrogens with one attached hydrogen (secondary N) is 3. The van der Waals surface area contributed by atoms with Gasteiger partial charge < -0.3 is 25.8 Å². The van der Waals surface area contributed by atoms with Crippen LogP contribution in [0.15, 0.2) is 18.2 Å². The van der Waals surface area contributed by atoms with Crippen molar-refractivity contribution in [1.29, 1.82) is 0 Å². The summed E-state index contributed by atoms with van der Waals surface area (Å²) in [5, 5.41) is 16.7. The van der Waals surface area contributed by atoms with Gasteiger partial charge in [0, 0.05) is 17.5 Å². The topological polar surface area (TPSA) is 168 Å². The second-order valence-corrected chi connectivity index (χ2v) is 9.55. The van der Waals surface area contributed by atoms with Gasteiger partial charge in [-0.2, -0.15) is 0 Å². The average Bonchev–Trinajstić information content (AvgIpc) is 2.79. The van der Waals surface area contributed by atoms with Crippen LogP contribution >= 0.6 is 0 Å². The minimum absolute atomic E-state index is 0.0740. The molecule has 11 nitrogen and oxygen atoms in total. The largest absolute Gasteiger partial charge is 0.496 e. The Morgan fingerprint density at radius 1 is 0.946 bits per heavy atom. The van der Waals surface area contributed by atoms with E-state index in [0.29, 0.717) is 16.9 Å². The summed E-state index contributed by atoms with van der Waals surface area (Å²) in [6.45, 7) is 8.00. The second kappa shape index (κ2) is 14.7. The third kappa shape index (κ3) is 10.8. The molecule has 0 aliphatic rings. The molecule has 0 spiro atoms. The highest BCUT2D eigenvalue weighted by molar-refractivity contribution is 5.97. The second-order valence-electron chi connectivity index (χ2n) is 9.55. The van der Waals surface area contributed by atoms with Crippen LogP contribution in [-0.2, 0) is 30.4 Å². The zero-order valence-electron chi connectivity index (χ0n) is 22.2. The number of carboxylic acids is 1. The van der Waals surface area contributed by atoms with Crippen LogP contribution in [0.3, 0.4) is 0 Å². The van der Waals surface area contributed by atoms with Gasteiger partial charge in [-0.3, -0.25) is 28.8 Å². The number of benzene rings is 1. The van der Waals surface area contributed by atoms with Crippen LogP contribution in [-0.4, -0.2) is 66.1 Å². The fourth-order valence-corrected chi connectivity index (χ4v) is 3.50. The fourth-order valence-electron chi connectivity index (χ4n) is 3.50. The van der Waals surface area contributed by atoms with Crippen LogP contribution in [0.4, 0.5) is 0 Å². The van der Waals surface area contributed by atoms with Gasteiger partial charge in [0.15, 0.2) is 11.6 Å². The number of aliphatic carboxylic acids is 1. The van der Waals surface area contributed by atoms with E-state index in [1.165, 1.54) is 14.0 Å². The molecule has 11 heteroatoms. The smallest absolute Gasteiger partial charge is 0.305 e. The monoisotopic (exact) mass is 519 g/mol. The number of hydrogen-bond donors (Lipinski definition) is 4. The SMILES string of the molecule is COc1ccc(C(C)=O)cc1CC(=O)NC(C(=O)N[C@@H](CC(=O)O)C(=O)CNC(=O)CC(C)C)C(C)C. The molecule has 1 aromatic carbocycles. The summed E-state index contributed by atoms with van der Waals surface area (Å²) in [6.07, 6.45) is -0.663. The molecule has 0 aliphatic heterocycles. The van der Waals surface area contributed by atoms with Gasteiger partial charge in [0.1, 0.15) is 11.8 Å². The van der Waals surface area contributed by atoms with Gasteiger partial charge in [-0.25, -0.2) is 0 Å². The van der Waals surface area contributed by atoms with Crippen molar-refractivity contribution in [3.63, 3.8) is 0 Å². The maximum absolute atomic E-state index is 13.0. The van der Waals surface area contributed by atoms with Crippen molar-refractivity contribution in [1.82, 2.24) is 16.0 Å². The van der Waals surface area contributed by atoms with E-state index in [1.54, 1.807) is 32.0 Å². The van der Waals surface area contributed by atoms with Crippen molar-refractivity contribution < 1.29 is 38.6 Å². The average molecular weight is 520 g/mol. The Morgan fingerprint density at radius 3 is 2.11 bits per heavy atom. The molecular formula is C26H37N3O8. The van der Waals surface area contributed by atoms with Crippen LogP contribution < -0.4 is 20.7 Å². The predicted molar refractivity (Wildman–Crippen MR) is 135 cm³/mol. The Labute approximate surface area is 216 Å². The number of rotatable bonds is 15. The third-order valence-corrected chi connectivity index (χ3v) is 5.44. The zero-order valence-corrected chi connectivity index (χ0v) is 22.2. The number of Topliss-reactive ketones (excluding diaryl/α,β-unsaturated/α-hetero) is 2. The summed E-state index contributed by atoms with van der Waals surface area (Å²) in [7, 11) is 1.43. The van der Waals surface area contributed by atoms with Gasteiger partial charge in [-0.05, 0) is 37.0 Å². The molecule has 4 N–H and O–H groups in total. The van der Waals surface area contributed by atoms with Gasteiger partial charge in [0.05, 0.1) is 32.5 Å². The van der Waals surface area contributed by atoms with Gasteiger partial charge in [-0.1, -0.05) is 27.7 Å². The van der Waals surface area contributed by atoms with E-state index < -0.39 is 54.5 Å². The van der Waals surface area contributed by atoms with Gasteiger partial charge >= 0.3 is 5.97 Å². The minimum Gasteiger partial charge on any atom is -0.496 e. The number of hydrogen-bond acceptors (Lipinski definition) is 7. The molecule has 0 heterocycles. The maximum Gasteiger partial charge on any atom is 0.305 e. The highest BCUT2D eigenvalue weighted by Gasteiger charge is 2.30. The lowest BCUT2D eigenvalue weighted by atomic mass is 10.00. The van der Waals surface area contributed by atoms with E-state index in [1.807, 2.05) is 13.8 Å². The summed E-state index contributed by atoms with van der Waals surface area (Å²) >= 11 is 0. The summed E-state index contributed by atoms with van der Waals surface area (Å²) in [5.74, 6) is -3.72. The number of ether oxygens (including phenoxy) is 1. The first-order chi connectivity index (χ1) is 17.2. The standard InChI is InChI=1S/C26H37N3O8/c1-14(2)9-22(32)27-13-20(31)19(12-24(34)35)28-26(36)25(15(3)4)29-23(33)11-18-10-17(16(5)30)7-8-21(18)37-6/h7-8,10,14-15,19,25H,9,11-13H2,1-6H3,(H,27,32)(H,28,36)(H,29,33)(H,34,35)/t19-,25?/m0/s1. The van der Waals surface area contributed by atoms with Crippen molar-refractivity contribution in [2.75, 3.05) is 13.7 Å². The van der Waals surface area contributed by atoms with E-state index in [2.05, 4.69) is 16.0 Å². The Hall–Kier alpha value is -3.76. The number of amides is 3. The van der Waals surface area contributed by atoms with Crippen molar-refractivity contribution in [3.8, 4) is 5.75 Å². The highest BCUT2D eigenvalue weighted by atomic mass is 16.5. The van der Waals surface area contributed by atoms with E-state index in [9.17, 15) is 33.9 Å². The number of carboxylic acid groups (broad SMARTS) is 1. The Balaban J connectivity index is 2.95. The van der Waals surface area contributed by atoms with E-state index in [4.69, 9.17) is 4.74 Å². The van der Waals surface area contributed by atoms with Crippen LogP contribution in [0.2, 0.25) is 0 Å². The van der Waals surface area contributed by atoms with Crippen molar-refractivity contribution in [3.05, 3.63) is 29.3 Å². The summed E-state index contributed by atoms with van der Waals surface area (Å²) < 4.78 is 5.26. The molecule has 0 saturated carbocycles. The minimum atomic E-state index is -1.39. The molecule has 0 radical (unpaired) electrons. The third-order valence-electron chi connectivity index (χ3n) is 5.44. The number of ketones is 2. The molecule has 1 unspecified atom stereocenters. The Morgan fingerprint density at radius 2 is 1.59 bits per heavy atom. The molecule has 1 aromatic rings. The first-order valence-electron chi connectivity index (χ1n) is 12.0. The molecule has 3 amide bonds. The quantitative estimate of drug-likeness (QED) is 0.251. The predicted octanol–water partition coefficient (Wildman–Crippen LogP) is 1.27. The molecule has 0 aromatic heterocycles.